The zero-order valence-corrected chi connectivity index (χ0v) is 14.0. The number of amides is 2. The maximum absolute atomic E-state index is 12.5. The van der Waals surface area contributed by atoms with E-state index in [-0.39, 0.29) is 24.0 Å². The molecule has 0 unspecified atom stereocenters. The van der Waals surface area contributed by atoms with E-state index in [2.05, 4.69) is 10.5 Å². The predicted octanol–water partition coefficient (Wildman–Crippen LogP) is 1.52. The Balaban J connectivity index is 1.60. The molecule has 24 heavy (non-hydrogen) atoms. The van der Waals surface area contributed by atoms with Crippen molar-refractivity contribution in [2.24, 2.45) is 0 Å². The smallest absolute Gasteiger partial charge is 0.323 e. The number of hydrogen-bond donors (Lipinski definition) is 1. The molecule has 2 heterocycles. The van der Waals surface area contributed by atoms with Gasteiger partial charge in [-0.15, -0.1) is 0 Å². The van der Waals surface area contributed by atoms with Gasteiger partial charge in [-0.05, 0) is 19.1 Å². The van der Waals surface area contributed by atoms with Crippen LogP contribution in [0.15, 0.2) is 45.8 Å². The molecule has 1 aliphatic rings. The van der Waals surface area contributed by atoms with Gasteiger partial charge in [0.2, 0.25) is 10.0 Å². The first-order valence-corrected chi connectivity index (χ1v) is 8.95. The lowest BCUT2D eigenvalue weighted by Crippen LogP contribution is -2.51. The minimum Gasteiger partial charge on any atom is -0.360 e. The summed E-state index contributed by atoms with van der Waals surface area (Å²) in [5.74, 6) is 0.945. The summed E-state index contributed by atoms with van der Waals surface area (Å²) in [6, 6.07) is 9.59. The van der Waals surface area contributed by atoms with Crippen molar-refractivity contribution in [3.05, 3.63) is 42.2 Å². The van der Waals surface area contributed by atoms with E-state index >= 15 is 0 Å². The van der Waals surface area contributed by atoms with Crippen LogP contribution >= 0.6 is 0 Å². The highest BCUT2D eigenvalue weighted by molar-refractivity contribution is 7.89. The number of hydrogen-bond acceptors (Lipinski definition) is 5. The van der Waals surface area contributed by atoms with Gasteiger partial charge in [0.1, 0.15) is 5.76 Å². The van der Waals surface area contributed by atoms with Crippen LogP contribution in [0.4, 0.5) is 10.6 Å². The first-order chi connectivity index (χ1) is 11.5. The van der Waals surface area contributed by atoms with Gasteiger partial charge in [-0.1, -0.05) is 23.4 Å². The summed E-state index contributed by atoms with van der Waals surface area (Å²) in [7, 11) is -3.52. The molecule has 1 aromatic carbocycles. The molecule has 9 heteroatoms. The van der Waals surface area contributed by atoms with Crippen molar-refractivity contribution >= 4 is 21.9 Å². The van der Waals surface area contributed by atoms with Crippen LogP contribution in [0.2, 0.25) is 0 Å². The topological polar surface area (TPSA) is 95.8 Å². The molecule has 2 amide bonds. The van der Waals surface area contributed by atoms with Crippen LogP contribution in [0.5, 0.6) is 0 Å². The molecule has 1 fully saturated rings. The van der Waals surface area contributed by atoms with E-state index < -0.39 is 10.0 Å². The average Bonchev–Trinajstić information content (AvgIpc) is 3.00. The Morgan fingerprint density at radius 1 is 1.17 bits per heavy atom. The monoisotopic (exact) mass is 350 g/mol. The third-order valence-corrected chi connectivity index (χ3v) is 5.68. The fourth-order valence-electron chi connectivity index (χ4n) is 2.49. The lowest BCUT2D eigenvalue weighted by molar-refractivity contribution is 0.184. The summed E-state index contributed by atoms with van der Waals surface area (Å²) in [4.78, 5) is 14.0. The van der Waals surface area contributed by atoms with E-state index in [1.807, 2.05) is 0 Å². The van der Waals surface area contributed by atoms with Crippen molar-refractivity contribution in [1.82, 2.24) is 14.4 Å². The predicted molar refractivity (Wildman–Crippen MR) is 87.0 cm³/mol. The van der Waals surface area contributed by atoms with E-state index in [1.165, 1.54) is 4.31 Å². The number of urea groups is 1. The van der Waals surface area contributed by atoms with Crippen molar-refractivity contribution < 1.29 is 17.7 Å². The molecule has 3 rings (SSSR count). The SMILES string of the molecule is Cc1cc(NC(=O)N2CCN(S(=O)(=O)c3ccccc3)CC2)no1. The van der Waals surface area contributed by atoms with Crippen LogP contribution in [-0.4, -0.2) is 55.0 Å². The van der Waals surface area contributed by atoms with Gasteiger partial charge in [-0.25, -0.2) is 13.2 Å². The van der Waals surface area contributed by atoms with Crippen molar-refractivity contribution in [1.29, 1.82) is 0 Å². The minimum atomic E-state index is -3.52. The molecule has 128 valence electrons. The second-order valence-corrected chi connectivity index (χ2v) is 7.40. The van der Waals surface area contributed by atoms with Crippen molar-refractivity contribution in [2.75, 3.05) is 31.5 Å². The Labute approximate surface area is 140 Å². The third-order valence-electron chi connectivity index (χ3n) is 3.77. The van der Waals surface area contributed by atoms with Crippen LogP contribution in [0.1, 0.15) is 5.76 Å². The van der Waals surface area contributed by atoms with E-state index in [4.69, 9.17) is 4.52 Å². The number of benzene rings is 1. The first kappa shape index (κ1) is 16.5. The normalized spacial score (nSPS) is 16.1. The van der Waals surface area contributed by atoms with Crippen LogP contribution in [-0.2, 0) is 10.0 Å². The third kappa shape index (κ3) is 3.41. The second kappa shape index (κ2) is 6.62. The van der Waals surface area contributed by atoms with Gasteiger partial charge in [-0.3, -0.25) is 5.32 Å². The molecule has 0 radical (unpaired) electrons. The Hall–Kier alpha value is -2.39. The van der Waals surface area contributed by atoms with Gasteiger partial charge in [0.05, 0.1) is 4.90 Å². The Kier molecular flexibility index (Phi) is 4.54. The molecule has 8 nitrogen and oxygen atoms in total. The molecule has 1 N–H and O–H groups in total. The maximum atomic E-state index is 12.5. The summed E-state index contributed by atoms with van der Waals surface area (Å²) < 4.78 is 31.4. The molecule has 2 aromatic rings. The van der Waals surface area contributed by atoms with Crippen LogP contribution in [0.3, 0.4) is 0 Å². The number of aryl methyl sites for hydroxylation is 1. The zero-order valence-electron chi connectivity index (χ0n) is 13.2. The highest BCUT2D eigenvalue weighted by atomic mass is 32.2. The summed E-state index contributed by atoms with van der Waals surface area (Å²) in [6.45, 7) is 2.87. The number of carbonyl (C=O) groups excluding carboxylic acids is 1. The molecule has 0 spiro atoms. The van der Waals surface area contributed by atoms with Gasteiger partial charge in [-0.2, -0.15) is 4.31 Å². The number of anilines is 1. The summed E-state index contributed by atoms with van der Waals surface area (Å²) in [5.41, 5.74) is 0. The number of nitrogens with zero attached hydrogens (tertiary/aromatic N) is 3. The number of carbonyl (C=O) groups is 1. The molecule has 0 saturated carbocycles. The molecule has 0 aliphatic carbocycles. The van der Waals surface area contributed by atoms with Crippen molar-refractivity contribution in [3.8, 4) is 0 Å². The largest absolute Gasteiger partial charge is 0.360 e. The maximum Gasteiger partial charge on any atom is 0.323 e. The molecule has 0 atom stereocenters. The van der Waals surface area contributed by atoms with Gasteiger partial charge in [0.15, 0.2) is 5.82 Å². The molecule has 1 saturated heterocycles. The lowest BCUT2D eigenvalue weighted by atomic mass is 10.4. The number of aromatic nitrogens is 1. The quantitative estimate of drug-likeness (QED) is 0.905. The minimum absolute atomic E-state index is 0.252. The summed E-state index contributed by atoms with van der Waals surface area (Å²) in [6.07, 6.45) is 0. The second-order valence-electron chi connectivity index (χ2n) is 5.46. The average molecular weight is 350 g/mol. The van der Waals surface area contributed by atoms with Gasteiger partial charge in [0, 0.05) is 32.2 Å². The Bertz CT molecular complexity index is 811. The standard InChI is InChI=1S/C15H18N4O4S/c1-12-11-14(17-23-12)16-15(20)18-7-9-19(10-8-18)24(21,22)13-5-3-2-4-6-13/h2-6,11H,7-10H2,1H3,(H,16,17,20). The number of piperazine rings is 1. The van der Waals surface area contributed by atoms with E-state index in [0.717, 1.165) is 0 Å². The van der Waals surface area contributed by atoms with Crippen LogP contribution in [0, 0.1) is 6.92 Å². The fraction of sp³-hybridized carbons (Fsp3) is 0.333. The van der Waals surface area contributed by atoms with Crippen molar-refractivity contribution in [3.63, 3.8) is 0 Å². The number of sulfonamides is 1. The Morgan fingerprint density at radius 3 is 2.42 bits per heavy atom. The summed E-state index contributed by atoms with van der Waals surface area (Å²) >= 11 is 0. The molecular formula is C15H18N4O4S. The fourth-order valence-corrected chi connectivity index (χ4v) is 3.93. The zero-order chi connectivity index (χ0) is 17.2. The lowest BCUT2D eigenvalue weighted by Gasteiger charge is -2.33. The van der Waals surface area contributed by atoms with E-state index in [1.54, 1.807) is 48.2 Å². The first-order valence-electron chi connectivity index (χ1n) is 7.51. The van der Waals surface area contributed by atoms with Gasteiger partial charge >= 0.3 is 6.03 Å². The van der Waals surface area contributed by atoms with Crippen molar-refractivity contribution in [2.45, 2.75) is 11.8 Å². The molecule has 1 aliphatic heterocycles. The number of rotatable bonds is 3. The number of nitrogens with one attached hydrogen (secondary N) is 1. The van der Waals surface area contributed by atoms with Gasteiger partial charge < -0.3 is 9.42 Å². The molecule has 0 bridgehead atoms. The highest BCUT2D eigenvalue weighted by Gasteiger charge is 2.30. The molecule has 1 aromatic heterocycles. The van der Waals surface area contributed by atoms with E-state index in [0.29, 0.717) is 24.7 Å². The van der Waals surface area contributed by atoms with Crippen LogP contribution in [0.25, 0.3) is 0 Å². The Morgan fingerprint density at radius 2 is 1.83 bits per heavy atom. The van der Waals surface area contributed by atoms with Crippen LogP contribution < -0.4 is 5.32 Å². The van der Waals surface area contributed by atoms with Gasteiger partial charge in [0.25, 0.3) is 0 Å². The highest BCUT2D eigenvalue weighted by Crippen LogP contribution is 2.17. The molecular weight excluding hydrogens is 332 g/mol. The summed E-state index contributed by atoms with van der Waals surface area (Å²) in [5, 5.41) is 6.34. The van der Waals surface area contributed by atoms with E-state index in [9.17, 15) is 13.2 Å².